The highest BCUT2D eigenvalue weighted by atomic mass is 16.3. The number of nitrogens with zero attached hydrogens (tertiary/aromatic N) is 1. The van der Waals surface area contributed by atoms with Crippen molar-refractivity contribution in [2.75, 3.05) is 26.3 Å². The number of aliphatic hydroxyl groups excluding tert-OH is 3. The van der Waals surface area contributed by atoms with E-state index < -0.39 is 6.10 Å². The van der Waals surface area contributed by atoms with E-state index in [1.165, 1.54) is 0 Å². The van der Waals surface area contributed by atoms with Gasteiger partial charge < -0.3 is 15.3 Å². The van der Waals surface area contributed by atoms with Gasteiger partial charge >= 0.3 is 0 Å². The summed E-state index contributed by atoms with van der Waals surface area (Å²) in [4.78, 5) is 0. The monoisotopic (exact) mass is 134 g/mol. The molecule has 0 rings (SSSR count). The Balaban J connectivity index is 2.88. The summed E-state index contributed by atoms with van der Waals surface area (Å²) in [6.45, 7) is 0.265. The highest BCUT2D eigenvalue weighted by Gasteiger charge is 1.99. The molecule has 0 fully saturated rings. The maximum Gasteiger partial charge on any atom is 0.0911 e. The zero-order valence-electron chi connectivity index (χ0n) is 5.19. The topological polar surface area (TPSA) is 74.8 Å². The molecule has 4 heteroatoms. The van der Waals surface area contributed by atoms with Crippen molar-refractivity contribution >= 4 is 0 Å². The van der Waals surface area contributed by atoms with E-state index in [2.05, 4.69) is 5.32 Å². The van der Waals surface area contributed by atoms with Gasteiger partial charge in [-0.3, -0.25) is 0 Å². The molecule has 0 saturated heterocycles. The number of rotatable bonds is 5. The third kappa shape index (κ3) is 5.72. The Morgan fingerprint density at radius 1 is 1.33 bits per heavy atom. The summed E-state index contributed by atoms with van der Waals surface area (Å²) in [5.41, 5.74) is 0. The van der Waals surface area contributed by atoms with Crippen molar-refractivity contribution in [3.63, 3.8) is 0 Å². The van der Waals surface area contributed by atoms with Crippen molar-refractivity contribution in [1.82, 2.24) is 5.32 Å². The number of hydrogen-bond donors (Lipinski definition) is 3. The zero-order chi connectivity index (χ0) is 7.11. The predicted molar refractivity (Wildman–Crippen MR) is 32.0 cm³/mol. The maximum absolute atomic E-state index is 8.66. The average Bonchev–Trinajstić information content (AvgIpc) is 1.89. The van der Waals surface area contributed by atoms with Gasteiger partial charge in [0.25, 0.3) is 0 Å². The number of aliphatic hydroxyl groups is 3. The molecule has 0 aromatic carbocycles. The summed E-state index contributed by atoms with van der Waals surface area (Å²) >= 11 is 0. The largest absolute Gasteiger partial charge is 0.395 e. The Kier molecular flexibility index (Phi) is 5.86. The van der Waals surface area contributed by atoms with E-state index in [0.717, 1.165) is 0 Å². The molecule has 9 heavy (non-hydrogen) atoms. The quantitative estimate of drug-likeness (QED) is 0.378. The van der Waals surface area contributed by atoms with Crippen LogP contribution in [0.25, 0.3) is 0 Å². The first-order valence-electron chi connectivity index (χ1n) is 2.84. The summed E-state index contributed by atoms with van der Waals surface area (Å²) in [5.74, 6) is 0. The molecule has 1 unspecified atom stereocenters. The normalized spacial score (nSPS) is 13.7. The van der Waals surface area contributed by atoms with E-state index in [4.69, 9.17) is 15.3 Å². The van der Waals surface area contributed by atoms with Crippen LogP contribution in [0.5, 0.6) is 0 Å². The molecule has 0 spiro atoms. The molecule has 0 aliphatic rings. The maximum atomic E-state index is 8.66. The highest BCUT2D eigenvalue weighted by Crippen LogP contribution is 1.76. The molecule has 0 aliphatic heterocycles. The van der Waals surface area contributed by atoms with Crippen LogP contribution in [0, 0.1) is 0 Å². The first kappa shape index (κ1) is 8.84. The van der Waals surface area contributed by atoms with Crippen LogP contribution in [0.3, 0.4) is 0 Å². The van der Waals surface area contributed by atoms with Crippen LogP contribution in [-0.4, -0.2) is 47.7 Å². The summed E-state index contributed by atoms with van der Waals surface area (Å²) < 4.78 is 0. The Morgan fingerprint density at radius 2 is 2.00 bits per heavy atom. The van der Waals surface area contributed by atoms with Crippen LogP contribution < -0.4 is 5.32 Å². The van der Waals surface area contributed by atoms with Crippen LogP contribution in [0.15, 0.2) is 0 Å². The third-order valence-corrected chi connectivity index (χ3v) is 0.809. The first-order valence-corrected chi connectivity index (χ1v) is 2.84. The first-order chi connectivity index (χ1) is 4.31. The predicted octanol–water partition coefficient (Wildman–Crippen LogP) is -2.06. The fraction of sp³-hybridized carbons (Fsp3) is 1.00. The molecule has 55 valence electrons. The van der Waals surface area contributed by atoms with Crippen molar-refractivity contribution in [2.24, 2.45) is 0 Å². The molecule has 0 aliphatic carbocycles. The molecule has 0 heterocycles. The van der Waals surface area contributed by atoms with Crippen LogP contribution in [0.2, 0.25) is 0 Å². The van der Waals surface area contributed by atoms with E-state index in [0.29, 0.717) is 6.54 Å². The highest BCUT2D eigenvalue weighted by molar-refractivity contribution is 4.55. The smallest absolute Gasteiger partial charge is 0.0911 e. The Bertz CT molecular complexity index is 60.2. The van der Waals surface area contributed by atoms with Crippen molar-refractivity contribution in [3.05, 3.63) is 0 Å². The molecule has 0 saturated carbocycles. The van der Waals surface area contributed by atoms with Gasteiger partial charge in [-0.15, -0.1) is 0 Å². The van der Waals surface area contributed by atoms with Crippen molar-refractivity contribution < 1.29 is 15.3 Å². The van der Waals surface area contributed by atoms with Crippen molar-refractivity contribution in [3.8, 4) is 0 Å². The lowest BCUT2D eigenvalue weighted by Gasteiger charge is -2.04. The Morgan fingerprint density at radius 3 is 2.44 bits per heavy atom. The fourth-order valence-corrected chi connectivity index (χ4v) is 0.369. The Labute approximate surface area is 54.1 Å². The van der Waals surface area contributed by atoms with Crippen LogP contribution >= 0.6 is 0 Å². The van der Waals surface area contributed by atoms with Gasteiger partial charge in [0.1, 0.15) is 0 Å². The van der Waals surface area contributed by atoms with Gasteiger partial charge in [0.15, 0.2) is 0 Å². The lowest BCUT2D eigenvalue weighted by atomic mass is 10.4. The van der Waals surface area contributed by atoms with Crippen molar-refractivity contribution in [1.29, 1.82) is 0 Å². The van der Waals surface area contributed by atoms with Crippen LogP contribution in [0.4, 0.5) is 0 Å². The van der Waals surface area contributed by atoms with Gasteiger partial charge in [0.05, 0.1) is 19.3 Å². The SMILES string of the molecule is OCC[N]CC(O)CO. The molecule has 0 amide bonds. The fourth-order valence-electron chi connectivity index (χ4n) is 0.369. The minimum absolute atomic E-state index is 0.00184. The van der Waals surface area contributed by atoms with Gasteiger partial charge in [-0.1, -0.05) is 0 Å². The second-order valence-electron chi connectivity index (χ2n) is 1.69. The van der Waals surface area contributed by atoms with E-state index in [-0.39, 0.29) is 19.8 Å². The van der Waals surface area contributed by atoms with E-state index in [9.17, 15) is 0 Å². The lowest BCUT2D eigenvalue weighted by Crippen LogP contribution is -2.26. The van der Waals surface area contributed by atoms with Gasteiger partial charge in [-0.25, -0.2) is 5.32 Å². The summed E-state index contributed by atoms with van der Waals surface area (Å²) in [7, 11) is 0. The summed E-state index contributed by atoms with van der Waals surface area (Å²) in [6, 6.07) is 0. The summed E-state index contributed by atoms with van der Waals surface area (Å²) in [5, 5.41) is 28.8. The van der Waals surface area contributed by atoms with E-state index in [1.807, 2.05) is 0 Å². The van der Waals surface area contributed by atoms with Crippen LogP contribution in [-0.2, 0) is 0 Å². The second-order valence-corrected chi connectivity index (χ2v) is 1.69. The molecule has 4 nitrogen and oxygen atoms in total. The standard InChI is InChI=1S/C5H12NO3/c7-2-1-6-3-5(9)4-8/h5,7-9H,1-4H2. The molecular weight excluding hydrogens is 122 g/mol. The number of hydrogen-bond acceptors (Lipinski definition) is 3. The van der Waals surface area contributed by atoms with E-state index in [1.54, 1.807) is 0 Å². The Hall–Kier alpha value is -0.160. The van der Waals surface area contributed by atoms with Crippen molar-refractivity contribution in [2.45, 2.75) is 6.10 Å². The molecule has 1 radical (unpaired) electrons. The second kappa shape index (κ2) is 5.97. The van der Waals surface area contributed by atoms with Gasteiger partial charge in [0.2, 0.25) is 0 Å². The van der Waals surface area contributed by atoms with Gasteiger partial charge in [0, 0.05) is 13.1 Å². The minimum Gasteiger partial charge on any atom is -0.395 e. The lowest BCUT2D eigenvalue weighted by molar-refractivity contribution is 0.0925. The molecule has 1 atom stereocenters. The molecule has 0 bridgehead atoms. The van der Waals surface area contributed by atoms with E-state index >= 15 is 0 Å². The van der Waals surface area contributed by atoms with Crippen LogP contribution in [0.1, 0.15) is 0 Å². The average molecular weight is 134 g/mol. The molecule has 0 aromatic heterocycles. The summed E-state index contributed by atoms with van der Waals surface area (Å²) in [6.07, 6.45) is -0.767. The third-order valence-electron chi connectivity index (χ3n) is 0.809. The van der Waals surface area contributed by atoms with Gasteiger partial charge in [-0.05, 0) is 0 Å². The zero-order valence-corrected chi connectivity index (χ0v) is 5.19. The van der Waals surface area contributed by atoms with Gasteiger partial charge in [-0.2, -0.15) is 0 Å². The molecule has 3 N–H and O–H groups in total. The molecular formula is C5H12NO3. The molecule has 0 aromatic rings. The minimum atomic E-state index is -0.767.